The van der Waals surface area contributed by atoms with Gasteiger partial charge in [0.2, 0.25) is 5.91 Å². The summed E-state index contributed by atoms with van der Waals surface area (Å²) in [5.41, 5.74) is 8.64. The van der Waals surface area contributed by atoms with Gasteiger partial charge in [-0.1, -0.05) is 18.2 Å². The molecule has 148 valence electrons. The standard InChI is InChI=1S/C22H28N4O2/c1-26-12-6-8-19(26)16-13-17(25-24-16)21(27)23-18-14-22(10-4-5-11-22)28-20-9-3-2-7-15(18)20/h2-3,6-9,12,16-18,24-25H,4-5,10-11,13-14H2,1H3,(H,23,27). The van der Waals surface area contributed by atoms with E-state index in [0.717, 1.165) is 37.0 Å². The van der Waals surface area contributed by atoms with Gasteiger partial charge < -0.3 is 14.6 Å². The van der Waals surface area contributed by atoms with Crippen LogP contribution in [0, 0.1) is 0 Å². The molecule has 6 heteroatoms. The average Bonchev–Trinajstić information content (AvgIpc) is 3.43. The molecular formula is C22H28N4O2. The first-order valence-corrected chi connectivity index (χ1v) is 10.3. The van der Waals surface area contributed by atoms with Gasteiger partial charge in [-0.3, -0.25) is 4.79 Å². The number of ether oxygens (including phenoxy) is 1. The Kier molecular flexibility index (Phi) is 4.40. The normalized spacial score (nSPS) is 28.1. The minimum atomic E-state index is -0.241. The third-order valence-corrected chi connectivity index (χ3v) is 6.59. The van der Waals surface area contributed by atoms with Gasteiger partial charge in [-0.05, 0) is 50.3 Å². The Morgan fingerprint density at radius 3 is 2.79 bits per heavy atom. The lowest BCUT2D eigenvalue weighted by Gasteiger charge is -2.40. The molecule has 2 fully saturated rings. The van der Waals surface area contributed by atoms with E-state index < -0.39 is 0 Å². The summed E-state index contributed by atoms with van der Waals surface area (Å²) >= 11 is 0. The number of aryl methyl sites for hydroxylation is 1. The number of rotatable bonds is 3. The Balaban J connectivity index is 1.31. The zero-order valence-corrected chi connectivity index (χ0v) is 16.3. The number of nitrogens with zero attached hydrogens (tertiary/aromatic N) is 1. The largest absolute Gasteiger partial charge is 0.487 e. The number of hydrogen-bond donors (Lipinski definition) is 3. The summed E-state index contributed by atoms with van der Waals surface area (Å²) in [5, 5.41) is 3.32. The molecule has 1 spiro atoms. The summed E-state index contributed by atoms with van der Waals surface area (Å²) in [5.74, 6) is 0.985. The smallest absolute Gasteiger partial charge is 0.239 e. The van der Waals surface area contributed by atoms with E-state index >= 15 is 0 Å². The molecule has 3 unspecified atom stereocenters. The van der Waals surface area contributed by atoms with Crippen LogP contribution < -0.4 is 20.9 Å². The molecule has 28 heavy (non-hydrogen) atoms. The first-order valence-electron chi connectivity index (χ1n) is 10.3. The van der Waals surface area contributed by atoms with Gasteiger partial charge in [0, 0.05) is 30.9 Å². The number of aromatic nitrogens is 1. The molecule has 1 saturated carbocycles. The van der Waals surface area contributed by atoms with Crippen LogP contribution in [0.5, 0.6) is 5.75 Å². The van der Waals surface area contributed by atoms with Crippen molar-refractivity contribution in [1.29, 1.82) is 0 Å². The van der Waals surface area contributed by atoms with Crippen molar-refractivity contribution < 1.29 is 9.53 Å². The van der Waals surface area contributed by atoms with Gasteiger partial charge in [0.15, 0.2) is 0 Å². The van der Waals surface area contributed by atoms with Crippen LogP contribution in [0.3, 0.4) is 0 Å². The Bertz CT molecular complexity index is 871. The van der Waals surface area contributed by atoms with Crippen LogP contribution in [-0.4, -0.2) is 22.1 Å². The predicted octanol–water partition coefficient (Wildman–Crippen LogP) is 2.89. The second-order valence-electron chi connectivity index (χ2n) is 8.47. The van der Waals surface area contributed by atoms with Crippen LogP contribution in [0.2, 0.25) is 0 Å². The maximum absolute atomic E-state index is 13.1. The molecule has 1 aromatic heterocycles. The van der Waals surface area contributed by atoms with Gasteiger partial charge >= 0.3 is 0 Å². The van der Waals surface area contributed by atoms with Gasteiger partial charge in [0.05, 0.1) is 12.1 Å². The van der Waals surface area contributed by atoms with E-state index in [-0.39, 0.29) is 29.6 Å². The summed E-state index contributed by atoms with van der Waals surface area (Å²) in [6.45, 7) is 0. The molecule has 1 aromatic carbocycles. The second kappa shape index (κ2) is 6.94. The second-order valence-corrected chi connectivity index (χ2v) is 8.47. The number of fused-ring (bicyclic) bond motifs is 1. The first kappa shape index (κ1) is 17.8. The zero-order chi connectivity index (χ0) is 19.1. The Morgan fingerprint density at radius 1 is 1.18 bits per heavy atom. The number of benzene rings is 1. The van der Waals surface area contributed by atoms with Crippen LogP contribution in [0.15, 0.2) is 42.6 Å². The van der Waals surface area contributed by atoms with Gasteiger partial charge in [-0.2, -0.15) is 0 Å². The molecule has 0 bridgehead atoms. The van der Waals surface area contributed by atoms with Crippen LogP contribution in [0.1, 0.15) is 61.9 Å². The third-order valence-electron chi connectivity index (χ3n) is 6.59. The van der Waals surface area contributed by atoms with Crippen LogP contribution in [0.25, 0.3) is 0 Å². The Morgan fingerprint density at radius 2 is 2.00 bits per heavy atom. The van der Waals surface area contributed by atoms with Gasteiger partial charge in [-0.25, -0.2) is 10.9 Å². The molecule has 1 saturated heterocycles. The third kappa shape index (κ3) is 3.10. The number of hydrogen-bond acceptors (Lipinski definition) is 4. The van der Waals surface area contributed by atoms with E-state index in [1.54, 1.807) is 0 Å². The van der Waals surface area contributed by atoms with Gasteiger partial charge in [0.25, 0.3) is 0 Å². The lowest BCUT2D eigenvalue weighted by Crippen LogP contribution is -2.48. The molecule has 3 aliphatic rings. The topological polar surface area (TPSA) is 67.3 Å². The Hall–Kier alpha value is -2.31. The molecule has 6 nitrogen and oxygen atoms in total. The lowest BCUT2D eigenvalue weighted by atomic mass is 9.85. The minimum absolute atomic E-state index is 0.00596. The first-order chi connectivity index (χ1) is 13.6. The monoisotopic (exact) mass is 380 g/mol. The van der Waals surface area contributed by atoms with Crippen molar-refractivity contribution in [3.8, 4) is 5.75 Å². The number of carbonyl (C=O) groups is 1. The van der Waals surface area contributed by atoms with Crippen LogP contribution in [0.4, 0.5) is 0 Å². The zero-order valence-electron chi connectivity index (χ0n) is 16.3. The quantitative estimate of drug-likeness (QED) is 0.766. The fourth-order valence-electron chi connectivity index (χ4n) is 5.10. The molecule has 5 rings (SSSR count). The fraction of sp³-hybridized carbons (Fsp3) is 0.500. The predicted molar refractivity (Wildman–Crippen MR) is 107 cm³/mol. The van der Waals surface area contributed by atoms with Crippen molar-refractivity contribution in [3.63, 3.8) is 0 Å². The summed E-state index contributed by atoms with van der Waals surface area (Å²) < 4.78 is 8.51. The van der Waals surface area contributed by atoms with Gasteiger partial charge in [-0.15, -0.1) is 0 Å². The molecule has 0 radical (unpaired) electrons. The molecule has 1 amide bonds. The fourth-order valence-corrected chi connectivity index (χ4v) is 5.10. The SMILES string of the molecule is Cn1cccc1C1CC(C(=O)NC2CC3(CCCC3)Oc3ccccc32)NN1. The van der Waals surface area contributed by atoms with E-state index in [0.29, 0.717) is 0 Å². The van der Waals surface area contributed by atoms with E-state index in [1.165, 1.54) is 18.5 Å². The summed E-state index contributed by atoms with van der Waals surface area (Å²) in [4.78, 5) is 13.1. The highest BCUT2D eigenvalue weighted by Crippen LogP contribution is 2.47. The van der Waals surface area contributed by atoms with Crippen molar-refractivity contribution in [2.45, 2.75) is 62.3 Å². The van der Waals surface area contributed by atoms with E-state index in [1.807, 2.05) is 37.5 Å². The summed E-state index contributed by atoms with van der Waals surface area (Å²) in [7, 11) is 2.03. The maximum atomic E-state index is 13.1. The van der Waals surface area contributed by atoms with Crippen molar-refractivity contribution >= 4 is 5.91 Å². The van der Waals surface area contributed by atoms with Crippen molar-refractivity contribution in [3.05, 3.63) is 53.9 Å². The number of hydrazine groups is 1. The van der Waals surface area contributed by atoms with Crippen LogP contribution in [-0.2, 0) is 11.8 Å². The maximum Gasteiger partial charge on any atom is 0.239 e. The molecule has 3 atom stereocenters. The van der Waals surface area contributed by atoms with Crippen molar-refractivity contribution in [2.75, 3.05) is 0 Å². The van der Waals surface area contributed by atoms with Crippen molar-refractivity contribution in [1.82, 2.24) is 20.7 Å². The van der Waals surface area contributed by atoms with E-state index in [4.69, 9.17) is 4.74 Å². The average molecular weight is 380 g/mol. The highest BCUT2D eigenvalue weighted by atomic mass is 16.5. The molecule has 2 aliphatic heterocycles. The molecule has 3 heterocycles. The highest BCUT2D eigenvalue weighted by molar-refractivity contribution is 5.82. The molecule has 3 N–H and O–H groups in total. The van der Waals surface area contributed by atoms with Crippen LogP contribution >= 0.6 is 0 Å². The highest BCUT2D eigenvalue weighted by Gasteiger charge is 2.44. The lowest BCUT2D eigenvalue weighted by molar-refractivity contribution is -0.124. The summed E-state index contributed by atoms with van der Waals surface area (Å²) in [6, 6.07) is 12.2. The van der Waals surface area contributed by atoms with E-state index in [9.17, 15) is 4.79 Å². The number of amides is 1. The minimum Gasteiger partial charge on any atom is -0.487 e. The molecule has 1 aliphatic carbocycles. The molecular weight excluding hydrogens is 352 g/mol. The number of nitrogens with one attached hydrogen (secondary N) is 3. The van der Waals surface area contributed by atoms with Gasteiger partial charge in [0.1, 0.15) is 17.4 Å². The number of carbonyl (C=O) groups excluding carboxylic acids is 1. The number of para-hydroxylation sites is 1. The van der Waals surface area contributed by atoms with E-state index in [2.05, 4.69) is 32.9 Å². The Labute approximate surface area is 165 Å². The van der Waals surface area contributed by atoms with Crippen molar-refractivity contribution in [2.24, 2.45) is 7.05 Å². The summed E-state index contributed by atoms with van der Waals surface area (Å²) in [6.07, 6.45) is 8.19. The molecule has 2 aromatic rings.